The largest absolute Gasteiger partial charge is 0.333 e. The van der Waals surface area contributed by atoms with Crippen LogP contribution in [0.15, 0.2) is 0 Å². The summed E-state index contributed by atoms with van der Waals surface area (Å²) in [7, 11) is 0. The first kappa shape index (κ1) is 8.48. The van der Waals surface area contributed by atoms with Gasteiger partial charge in [-0.2, -0.15) is 0 Å². The molecule has 1 aliphatic heterocycles. The summed E-state index contributed by atoms with van der Waals surface area (Å²) in [4.78, 5) is 0. The van der Waals surface area contributed by atoms with Gasteiger partial charge in [0.1, 0.15) is 8.22 Å². The molecule has 0 radical (unpaired) electrons. The maximum absolute atomic E-state index is 5.42. The Morgan fingerprint density at radius 1 is 1.11 bits per heavy atom. The van der Waals surface area contributed by atoms with E-state index in [9.17, 15) is 0 Å². The average Bonchev–Trinajstić information content (AvgIpc) is 1.79. The van der Waals surface area contributed by atoms with Crippen molar-refractivity contribution in [3.63, 3.8) is 0 Å². The second-order valence-electron chi connectivity index (χ2n) is 2.34. The Kier molecular flexibility index (Phi) is 2.62. The van der Waals surface area contributed by atoms with Crippen molar-refractivity contribution in [3.8, 4) is 0 Å². The quantitative estimate of drug-likeness (QED) is 0.491. The number of hydrogen-bond donors (Lipinski definition) is 0. The lowest BCUT2D eigenvalue weighted by molar-refractivity contribution is -0.129. The molecule has 2 nitrogen and oxygen atoms in total. The number of alkyl halides is 2. The van der Waals surface area contributed by atoms with Gasteiger partial charge in [0.2, 0.25) is 0 Å². The Morgan fingerprint density at radius 3 is 1.56 bits per heavy atom. The van der Waals surface area contributed by atoms with Gasteiger partial charge < -0.3 is 9.47 Å². The summed E-state index contributed by atoms with van der Waals surface area (Å²) in [5, 5.41) is 0. The third kappa shape index (κ3) is 2.16. The summed E-state index contributed by atoms with van der Waals surface area (Å²) in [5.74, 6) is -0.377. The van der Waals surface area contributed by atoms with E-state index in [2.05, 4.69) is 45.2 Å². The summed E-state index contributed by atoms with van der Waals surface area (Å²) in [6.07, 6.45) is 0. The molecule has 2 unspecified atom stereocenters. The number of ether oxygens (including phenoxy) is 2. The third-order valence-corrected chi connectivity index (χ3v) is 4.19. The van der Waals surface area contributed by atoms with Crippen LogP contribution in [0.1, 0.15) is 13.8 Å². The highest BCUT2D eigenvalue weighted by molar-refractivity contribution is 14.1. The fourth-order valence-corrected chi connectivity index (χ4v) is 2.20. The SMILES string of the molecule is CC1(C)OC(I)C(I)O1. The molecule has 0 saturated carbocycles. The lowest BCUT2D eigenvalue weighted by Gasteiger charge is -2.14. The monoisotopic (exact) mass is 354 g/mol. The van der Waals surface area contributed by atoms with E-state index in [1.54, 1.807) is 0 Å². The molecule has 0 aromatic rings. The summed E-state index contributed by atoms with van der Waals surface area (Å²) in [6.45, 7) is 3.86. The lowest BCUT2D eigenvalue weighted by Crippen LogP contribution is -2.20. The molecule has 0 amide bonds. The molecule has 9 heavy (non-hydrogen) atoms. The molecule has 1 aliphatic rings. The summed E-state index contributed by atoms with van der Waals surface area (Å²) < 4.78 is 11.2. The van der Waals surface area contributed by atoms with E-state index in [4.69, 9.17) is 9.47 Å². The van der Waals surface area contributed by atoms with Gasteiger partial charge in [-0.3, -0.25) is 0 Å². The smallest absolute Gasteiger partial charge is 0.165 e. The van der Waals surface area contributed by atoms with E-state index < -0.39 is 0 Å². The highest BCUT2D eigenvalue weighted by Crippen LogP contribution is 2.34. The van der Waals surface area contributed by atoms with Crippen molar-refractivity contribution in [3.05, 3.63) is 0 Å². The highest BCUT2D eigenvalue weighted by atomic mass is 127. The molecule has 0 aromatic heterocycles. The van der Waals surface area contributed by atoms with Crippen LogP contribution in [0, 0.1) is 0 Å². The molecule has 1 saturated heterocycles. The predicted molar refractivity (Wildman–Crippen MR) is 51.9 cm³/mol. The maximum Gasteiger partial charge on any atom is 0.165 e. The summed E-state index contributed by atoms with van der Waals surface area (Å²) in [6, 6.07) is 0. The van der Waals surface area contributed by atoms with Crippen LogP contribution in [0.25, 0.3) is 0 Å². The minimum Gasteiger partial charge on any atom is -0.333 e. The summed E-state index contributed by atoms with van der Waals surface area (Å²) in [5.41, 5.74) is 0. The van der Waals surface area contributed by atoms with E-state index in [1.165, 1.54) is 0 Å². The predicted octanol–water partition coefficient (Wildman–Crippen LogP) is 2.29. The van der Waals surface area contributed by atoms with Gasteiger partial charge in [0.05, 0.1) is 0 Å². The maximum atomic E-state index is 5.42. The van der Waals surface area contributed by atoms with E-state index in [0.717, 1.165) is 0 Å². The number of halogens is 2. The molecular weight excluding hydrogens is 346 g/mol. The van der Waals surface area contributed by atoms with Gasteiger partial charge in [-0.15, -0.1) is 0 Å². The van der Waals surface area contributed by atoms with Crippen LogP contribution >= 0.6 is 45.2 Å². The topological polar surface area (TPSA) is 18.5 Å². The fourth-order valence-electron chi connectivity index (χ4n) is 0.677. The minimum absolute atomic E-state index is 0.193. The zero-order chi connectivity index (χ0) is 7.07. The van der Waals surface area contributed by atoms with Crippen molar-refractivity contribution in [2.24, 2.45) is 0 Å². The molecule has 0 aliphatic carbocycles. The summed E-state index contributed by atoms with van der Waals surface area (Å²) >= 11 is 4.46. The Morgan fingerprint density at radius 2 is 1.44 bits per heavy atom. The molecule has 0 spiro atoms. The van der Waals surface area contributed by atoms with E-state index in [-0.39, 0.29) is 14.0 Å². The number of hydrogen-bond acceptors (Lipinski definition) is 2. The van der Waals surface area contributed by atoms with Gasteiger partial charge >= 0.3 is 0 Å². The van der Waals surface area contributed by atoms with Gasteiger partial charge in [0.15, 0.2) is 5.79 Å². The van der Waals surface area contributed by atoms with Crippen molar-refractivity contribution in [2.75, 3.05) is 0 Å². The van der Waals surface area contributed by atoms with Crippen LogP contribution in [0.3, 0.4) is 0 Å². The van der Waals surface area contributed by atoms with Crippen LogP contribution in [0.2, 0.25) is 0 Å². The van der Waals surface area contributed by atoms with Crippen LogP contribution in [0.4, 0.5) is 0 Å². The van der Waals surface area contributed by atoms with Crippen molar-refractivity contribution in [2.45, 2.75) is 27.9 Å². The van der Waals surface area contributed by atoms with Gasteiger partial charge in [-0.25, -0.2) is 0 Å². The molecule has 1 rings (SSSR count). The minimum atomic E-state index is -0.377. The molecule has 2 atom stereocenters. The van der Waals surface area contributed by atoms with Gasteiger partial charge in [-0.1, -0.05) is 0 Å². The fraction of sp³-hybridized carbons (Fsp3) is 1.00. The molecule has 0 aromatic carbocycles. The van der Waals surface area contributed by atoms with E-state index in [1.807, 2.05) is 13.8 Å². The first-order chi connectivity index (χ1) is 4.01. The van der Waals surface area contributed by atoms with Crippen LogP contribution in [-0.4, -0.2) is 14.0 Å². The first-order valence-corrected chi connectivity index (χ1v) is 5.14. The van der Waals surface area contributed by atoms with Crippen LogP contribution in [0.5, 0.6) is 0 Å². The van der Waals surface area contributed by atoms with Gasteiger partial charge in [0.25, 0.3) is 0 Å². The molecular formula is C5H8I2O2. The standard InChI is InChI=1S/C5H8I2O2/c1-5(2)8-3(6)4(7)9-5/h3-4H,1-2H3. The zero-order valence-corrected chi connectivity index (χ0v) is 9.54. The average molecular weight is 354 g/mol. The lowest BCUT2D eigenvalue weighted by atomic mass is 10.4. The van der Waals surface area contributed by atoms with E-state index >= 15 is 0 Å². The normalized spacial score (nSPS) is 41.3. The van der Waals surface area contributed by atoms with Crippen molar-refractivity contribution in [1.29, 1.82) is 0 Å². The van der Waals surface area contributed by atoms with Crippen LogP contribution < -0.4 is 0 Å². The Balaban J connectivity index is 2.54. The molecule has 1 fully saturated rings. The van der Waals surface area contributed by atoms with Crippen LogP contribution in [-0.2, 0) is 9.47 Å². The van der Waals surface area contributed by atoms with Crippen molar-refractivity contribution in [1.82, 2.24) is 0 Å². The molecule has 4 heteroatoms. The van der Waals surface area contributed by atoms with Crippen molar-refractivity contribution >= 4 is 45.2 Å². The second-order valence-corrected chi connectivity index (χ2v) is 4.79. The Labute approximate surface area is 81.9 Å². The molecule has 54 valence electrons. The Bertz CT molecular complexity index is 104. The highest BCUT2D eigenvalue weighted by Gasteiger charge is 2.37. The second kappa shape index (κ2) is 2.78. The number of rotatable bonds is 0. The molecule has 1 heterocycles. The molecule has 0 bridgehead atoms. The third-order valence-electron chi connectivity index (χ3n) is 0.999. The molecule has 0 N–H and O–H groups in total. The first-order valence-electron chi connectivity index (χ1n) is 2.65. The van der Waals surface area contributed by atoms with E-state index in [0.29, 0.717) is 0 Å². The zero-order valence-electron chi connectivity index (χ0n) is 5.23. The van der Waals surface area contributed by atoms with Gasteiger partial charge in [-0.05, 0) is 59.0 Å². The van der Waals surface area contributed by atoms with Crippen molar-refractivity contribution < 1.29 is 9.47 Å². The van der Waals surface area contributed by atoms with Gasteiger partial charge in [0, 0.05) is 0 Å². The Hall–Kier alpha value is 1.38.